The Morgan fingerprint density at radius 1 is 0.714 bits per heavy atom. The standard InChI is InChI=1S/C44H40N4O/c1-27-18-20-33-37(45-27)23-24-38-40(33)48(39-25-19-30(44(2,3)4)26-35(39)28-12-7-5-8-13-28)42(46-38)34-17-11-16-31-32-21-22-36(29-14-9-6-10-15-29)47-43(32)49-41(31)34/h5,7-8,11-13,16-26,29H,6,9-10,14-15H2,1-4H3/i1D3. The fourth-order valence-corrected chi connectivity index (χ4v) is 7.73. The maximum absolute atomic E-state index is 8.03. The molecule has 1 aliphatic carbocycles. The normalized spacial score (nSPS) is 15.6. The first kappa shape index (κ1) is 26.6. The van der Waals surface area contributed by atoms with Crippen LogP contribution in [0.25, 0.3) is 72.2 Å². The molecule has 0 atom stereocenters. The van der Waals surface area contributed by atoms with Crippen molar-refractivity contribution in [3.63, 3.8) is 0 Å². The SMILES string of the molecule is [2H]C([2H])([2H])c1ccc2c(ccc3nc(-c4cccc5c4oc4nc(C6CCCCC6)ccc45)n(-c4ccc(C(C)(C)C)cc4-c4ccccc4)c32)n1. The molecule has 1 aliphatic rings. The topological polar surface area (TPSA) is 56.7 Å². The van der Waals surface area contributed by atoms with Gasteiger partial charge in [-0.15, -0.1) is 0 Å². The van der Waals surface area contributed by atoms with E-state index in [4.69, 9.17) is 18.5 Å². The van der Waals surface area contributed by atoms with Gasteiger partial charge < -0.3 is 4.42 Å². The second-order valence-electron chi connectivity index (χ2n) is 14.5. The number of fused-ring (bicyclic) bond motifs is 6. The van der Waals surface area contributed by atoms with E-state index in [1.54, 1.807) is 6.07 Å². The summed E-state index contributed by atoms with van der Waals surface area (Å²) in [6, 6.07) is 35.0. The second-order valence-corrected chi connectivity index (χ2v) is 14.5. The molecule has 0 aliphatic heterocycles. The van der Waals surface area contributed by atoms with Crippen molar-refractivity contribution in [2.24, 2.45) is 0 Å². The summed E-state index contributed by atoms with van der Waals surface area (Å²) in [5, 5.41) is 2.80. The van der Waals surface area contributed by atoms with Gasteiger partial charge in [0.1, 0.15) is 11.4 Å². The monoisotopic (exact) mass is 643 g/mol. The highest BCUT2D eigenvalue weighted by molar-refractivity contribution is 6.10. The smallest absolute Gasteiger partial charge is 0.227 e. The lowest BCUT2D eigenvalue weighted by Gasteiger charge is -2.23. The quantitative estimate of drug-likeness (QED) is 0.191. The molecule has 1 saturated carbocycles. The maximum Gasteiger partial charge on any atom is 0.227 e. The summed E-state index contributed by atoms with van der Waals surface area (Å²) < 4.78 is 33.0. The molecule has 0 amide bonds. The number of nitrogens with zero attached hydrogens (tertiary/aromatic N) is 4. The molecule has 0 unspecified atom stereocenters. The molecule has 5 heteroatoms. The molecule has 0 saturated heterocycles. The predicted molar refractivity (Wildman–Crippen MR) is 202 cm³/mol. The fraction of sp³-hybridized carbons (Fsp3) is 0.250. The van der Waals surface area contributed by atoms with Crippen molar-refractivity contribution in [2.45, 2.75) is 71.1 Å². The van der Waals surface area contributed by atoms with Gasteiger partial charge in [-0.1, -0.05) is 88.6 Å². The van der Waals surface area contributed by atoms with Crippen LogP contribution in [-0.4, -0.2) is 19.5 Å². The van der Waals surface area contributed by atoms with Crippen molar-refractivity contribution in [1.82, 2.24) is 19.5 Å². The van der Waals surface area contributed by atoms with Crippen LogP contribution in [0.3, 0.4) is 0 Å². The molecule has 0 bridgehead atoms. The number of para-hydroxylation sites is 1. The lowest BCUT2D eigenvalue weighted by atomic mass is 9.85. The van der Waals surface area contributed by atoms with Crippen LogP contribution in [0.1, 0.15) is 79.9 Å². The number of aromatic nitrogens is 4. The highest BCUT2D eigenvalue weighted by atomic mass is 16.3. The first-order valence-electron chi connectivity index (χ1n) is 18.9. The molecule has 4 aromatic carbocycles. The largest absolute Gasteiger partial charge is 0.437 e. The van der Waals surface area contributed by atoms with E-state index in [9.17, 15) is 0 Å². The van der Waals surface area contributed by atoms with Crippen LogP contribution in [0.15, 0.2) is 108 Å². The maximum atomic E-state index is 8.03. The lowest BCUT2D eigenvalue weighted by Crippen LogP contribution is -2.12. The lowest BCUT2D eigenvalue weighted by molar-refractivity contribution is 0.436. The van der Waals surface area contributed by atoms with Gasteiger partial charge in [-0.25, -0.2) is 9.97 Å². The van der Waals surface area contributed by atoms with Gasteiger partial charge in [-0.05, 0) is 90.8 Å². The van der Waals surface area contributed by atoms with Gasteiger partial charge >= 0.3 is 0 Å². The Bertz CT molecular complexity index is 2640. The van der Waals surface area contributed by atoms with E-state index < -0.39 is 6.85 Å². The number of aryl methyl sites for hydroxylation is 1. The first-order chi connectivity index (χ1) is 25.0. The molecule has 5 nitrogen and oxygen atoms in total. The highest BCUT2D eigenvalue weighted by Gasteiger charge is 2.25. The minimum atomic E-state index is -2.32. The Hall–Kier alpha value is -5.29. The molecular formula is C44H40N4O. The number of hydrogen-bond donors (Lipinski definition) is 0. The summed E-state index contributed by atoms with van der Waals surface area (Å²) in [5.41, 5.74) is 9.89. The zero-order chi connectivity index (χ0) is 35.8. The summed E-state index contributed by atoms with van der Waals surface area (Å²) >= 11 is 0. The Labute approximate surface area is 290 Å². The molecule has 0 radical (unpaired) electrons. The van der Waals surface area contributed by atoms with E-state index in [2.05, 4.69) is 103 Å². The van der Waals surface area contributed by atoms with Crippen molar-refractivity contribution in [1.29, 1.82) is 0 Å². The third-order valence-electron chi connectivity index (χ3n) is 10.3. The van der Waals surface area contributed by atoms with Crippen molar-refractivity contribution >= 4 is 44.0 Å². The van der Waals surface area contributed by atoms with Crippen LogP contribution in [-0.2, 0) is 5.41 Å². The molecular weight excluding hydrogens is 601 g/mol. The Morgan fingerprint density at radius 2 is 1.53 bits per heavy atom. The molecule has 49 heavy (non-hydrogen) atoms. The number of pyridine rings is 2. The van der Waals surface area contributed by atoms with Crippen LogP contribution in [0, 0.1) is 6.85 Å². The van der Waals surface area contributed by atoms with E-state index in [1.165, 1.54) is 37.7 Å². The van der Waals surface area contributed by atoms with Gasteiger partial charge in [0.15, 0.2) is 0 Å². The Kier molecular flexibility index (Phi) is 6.20. The molecule has 4 aromatic heterocycles. The third-order valence-corrected chi connectivity index (χ3v) is 10.3. The van der Waals surface area contributed by atoms with Crippen LogP contribution in [0.4, 0.5) is 0 Å². The summed E-state index contributed by atoms with van der Waals surface area (Å²) in [7, 11) is 0. The predicted octanol–water partition coefficient (Wildman–Crippen LogP) is 11.9. The van der Waals surface area contributed by atoms with Gasteiger partial charge in [0, 0.05) is 43.1 Å². The van der Waals surface area contributed by atoms with Gasteiger partial charge in [0.05, 0.1) is 27.8 Å². The van der Waals surface area contributed by atoms with E-state index >= 15 is 0 Å². The molecule has 9 rings (SSSR count). The molecule has 1 fully saturated rings. The van der Waals surface area contributed by atoms with Crippen molar-refractivity contribution in [2.75, 3.05) is 0 Å². The van der Waals surface area contributed by atoms with Crippen LogP contribution in [0.2, 0.25) is 0 Å². The van der Waals surface area contributed by atoms with E-state index in [-0.39, 0.29) is 11.1 Å². The molecule has 0 N–H and O–H groups in total. The number of rotatable bonds is 4. The van der Waals surface area contributed by atoms with Gasteiger partial charge in [-0.2, -0.15) is 0 Å². The van der Waals surface area contributed by atoms with Gasteiger partial charge in [0.2, 0.25) is 5.71 Å². The van der Waals surface area contributed by atoms with Crippen molar-refractivity contribution in [3.05, 3.63) is 120 Å². The van der Waals surface area contributed by atoms with Crippen LogP contribution >= 0.6 is 0 Å². The second kappa shape index (κ2) is 11.4. The van der Waals surface area contributed by atoms with E-state index in [1.807, 2.05) is 24.3 Å². The zero-order valence-electron chi connectivity index (χ0n) is 31.1. The Morgan fingerprint density at radius 3 is 2.35 bits per heavy atom. The third kappa shape index (κ3) is 5.02. The average molecular weight is 644 g/mol. The number of imidazole rings is 1. The fourth-order valence-electron chi connectivity index (χ4n) is 7.73. The summed E-state index contributed by atoms with van der Waals surface area (Å²) in [6.45, 7) is 4.37. The van der Waals surface area contributed by atoms with Crippen molar-refractivity contribution < 1.29 is 8.53 Å². The number of benzene rings is 4. The summed E-state index contributed by atoms with van der Waals surface area (Å²) in [5.74, 6) is 1.19. The summed E-state index contributed by atoms with van der Waals surface area (Å²) in [6.07, 6.45) is 6.12. The van der Waals surface area contributed by atoms with E-state index in [0.717, 1.165) is 66.7 Å². The molecule has 4 heterocycles. The van der Waals surface area contributed by atoms with Gasteiger partial charge in [-0.3, -0.25) is 9.55 Å². The Balaban J connectivity index is 1.35. The highest BCUT2D eigenvalue weighted by Crippen LogP contribution is 2.42. The minimum Gasteiger partial charge on any atom is -0.437 e. The molecule has 0 spiro atoms. The molecule has 8 aromatic rings. The zero-order valence-corrected chi connectivity index (χ0v) is 28.1. The van der Waals surface area contributed by atoms with Crippen LogP contribution in [0.5, 0.6) is 0 Å². The van der Waals surface area contributed by atoms with Gasteiger partial charge in [0.25, 0.3) is 0 Å². The van der Waals surface area contributed by atoms with Crippen molar-refractivity contribution in [3.8, 4) is 28.2 Å². The van der Waals surface area contributed by atoms with E-state index in [0.29, 0.717) is 17.1 Å². The summed E-state index contributed by atoms with van der Waals surface area (Å²) in [4.78, 5) is 15.1. The molecule has 242 valence electrons. The number of furan rings is 1. The average Bonchev–Trinajstić information content (AvgIpc) is 3.73. The minimum absolute atomic E-state index is 0.0669. The first-order valence-corrected chi connectivity index (χ1v) is 17.4. The van der Waals surface area contributed by atoms with Crippen LogP contribution < -0.4 is 0 Å². The number of hydrogen-bond acceptors (Lipinski definition) is 4.